The fourth-order valence-corrected chi connectivity index (χ4v) is 1.81. The molecule has 0 saturated heterocycles. The van der Waals surface area contributed by atoms with E-state index in [9.17, 15) is 0 Å². The lowest BCUT2D eigenvalue weighted by Crippen LogP contribution is -2.08. The maximum atomic E-state index is 3.38. The molecule has 1 nitrogen and oxygen atoms in total. The summed E-state index contributed by atoms with van der Waals surface area (Å²) in [4.78, 5) is 0. The van der Waals surface area contributed by atoms with Crippen molar-refractivity contribution in [1.82, 2.24) is 5.32 Å². The highest BCUT2D eigenvalue weighted by atomic mass is 14.9. The molecule has 1 aliphatic carbocycles. The van der Waals surface area contributed by atoms with Crippen LogP contribution in [0.2, 0.25) is 0 Å². The van der Waals surface area contributed by atoms with Gasteiger partial charge in [-0.15, -0.1) is 0 Å². The van der Waals surface area contributed by atoms with E-state index in [4.69, 9.17) is 0 Å². The zero-order chi connectivity index (χ0) is 6.97. The van der Waals surface area contributed by atoms with Gasteiger partial charge in [-0.3, -0.25) is 0 Å². The summed E-state index contributed by atoms with van der Waals surface area (Å²) in [6.07, 6.45) is 4.90. The lowest BCUT2D eigenvalue weighted by atomic mass is 9.94. The number of allylic oxidation sites excluding steroid dienone is 1. The van der Waals surface area contributed by atoms with Gasteiger partial charge in [0, 0.05) is 13.1 Å². The van der Waals surface area contributed by atoms with Gasteiger partial charge in [-0.05, 0) is 25.3 Å². The van der Waals surface area contributed by atoms with E-state index in [-0.39, 0.29) is 0 Å². The van der Waals surface area contributed by atoms with Crippen molar-refractivity contribution in [2.24, 2.45) is 0 Å². The summed E-state index contributed by atoms with van der Waals surface area (Å²) in [7, 11) is 0. The normalized spacial score (nSPS) is 24.7. The van der Waals surface area contributed by atoms with Crippen molar-refractivity contribution < 1.29 is 0 Å². The maximum Gasteiger partial charge on any atom is 0.0211 e. The van der Waals surface area contributed by atoms with E-state index >= 15 is 0 Å². The van der Waals surface area contributed by atoms with E-state index in [1.54, 1.807) is 11.1 Å². The van der Waals surface area contributed by atoms with Crippen LogP contribution in [-0.4, -0.2) is 13.1 Å². The highest BCUT2D eigenvalue weighted by molar-refractivity contribution is 5.41. The molecule has 0 unspecified atom stereocenters. The van der Waals surface area contributed by atoms with Crippen molar-refractivity contribution in [3.8, 4) is 0 Å². The second-order valence-corrected chi connectivity index (χ2v) is 3.11. The largest absolute Gasteiger partial charge is 0.309 e. The van der Waals surface area contributed by atoms with Crippen LogP contribution in [0.1, 0.15) is 19.8 Å². The standard InChI is InChI=1S/C9H13N/c1-7-3-2-4-8-5-10-6-9(7)8/h3,10H,2,4-6H2,1H3. The Labute approximate surface area is 61.8 Å². The lowest BCUT2D eigenvalue weighted by molar-refractivity contribution is 0.843. The summed E-state index contributed by atoms with van der Waals surface area (Å²) in [5.74, 6) is 0. The van der Waals surface area contributed by atoms with Gasteiger partial charge >= 0.3 is 0 Å². The number of hydrogen-bond acceptors (Lipinski definition) is 1. The van der Waals surface area contributed by atoms with Crippen molar-refractivity contribution in [3.63, 3.8) is 0 Å². The Morgan fingerprint density at radius 1 is 1.40 bits per heavy atom. The SMILES string of the molecule is CC1=CCCC2=C1CNC2. The van der Waals surface area contributed by atoms with Crippen LogP contribution in [0, 0.1) is 0 Å². The molecule has 2 aliphatic rings. The Morgan fingerprint density at radius 2 is 2.30 bits per heavy atom. The van der Waals surface area contributed by atoms with Gasteiger partial charge in [-0.1, -0.05) is 17.2 Å². The van der Waals surface area contributed by atoms with Crippen molar-refractivity contribution in [2.75, 3.05) is 13.1 Å². The molecule has 0 radical (unpaired) electrons. The minimum Gasteiger partial charge on any atom is -0.309 e. The van der Waals surface area contributed by atoms with E-state index < -0.39 is 0 Å². The molecule has 54 valence electrons. The quantitative estimate of drug-likeness (QED) is 0.532. The summed E-state index contributed by atoms with van der Waals surface area (Å²) >= 11 is 0. The van der Waals surface area contributed by atoms with E-state index in [1.807, 2.05) is 0 Å². The third-order valence-corrected chi connectivity index (χ3v) is 2.44. The molecule has 0 atom stereocenters. The second-order valence-electron chi connectivity index (χ2n) is 3.11. The van der Waals surface area contributed by atoms with Crippen molar-refractivity contribution in [3.05, 3.63) is 22.8 Å². The Hall–Kier alpha value is -0.560. The molecule has 0 bridgehead atoms. The predicted molar refractivity (Wildman–Crippen MR) is 42.9 cm³/mol. The third-order valence-electron chi connectivity index (χ3n) is 2.44. The smallest absolute Gasteiger partial charge is 0.0211 e. The highest BCUT2D eigenvalue weighted by Gasteiger charge is 2.16. The van der Waals surface area contributed by atoms with Gasteiger partial charge in [0.05, 0.1) is 0 Å². The first-order valence-corrected chi connectivity index (χ1v) is 3.96. The fourth-order valence-electron chi connectivity index (χ4n) is 1.81. The molecule has 0 fully saturated rings. The fraction of sp³-hybridized carbons (Fsp3) is 0.556. The Kier molecular flexibility index (Phi) is 1.38. The Balaban J connectivity index is 2.33. The number of hydrogen-bond donors (Lipinski definition) is 1. The molecule has 0 aromatic heterocycles. The van der Waals surface area contributed by atoms with Gasteiger partial charge < -0.3 is 5.32 Å². The molecule has 0 amide bonds. The second kappa shape index (κ2) is 2.24. The van der Waals surface area contributed by atoms with Crippen LogP contribution < -0.4 is 5.32 Å². The van der Waals surface area contributed by atoms with Gasteiger partial charge in [0.25, 0.3) is 0 Å². The van der Waals surface area contributed by atoms with Crippen LogP contribution in [0.4, 0.5) is 0 Å². The van der Waals surface area contributed by atoms with E-state index in [2.05, 4.69) is 18.3 Å². The molecule has 0 spiro atoms. The average Bonchev–Trinajstić information content (AvgIpc) is 2.36. The summed E-state index contributed by atoms with van der Waals surface area (Å²) in [5, 5.41) is 3.38. The van der Waals surface area contributed by atoms with Crippen molar-refractivity contribution in [2.45, 2.75) is 19.8 Å². The van der Waals surface area contributed by atoms with Crippen LogP contribution in [0.15, 0.2) is 22.8 Å². The predicted octanol–water partition coefficient (Wildman–Crippen LogP) is 1.63. The highest BCUT2D eigenvalue weighted by Crippen LogP contribution is 2.26. The van der Waals surface area contributed by atoms with E-state index in [0.29, 0.717) is 0 Å². The average molecular weight is 135 g/mol. The number of rotatable bonds is 0. The molecule has 1 heteroatoms. The molecule has 0 aromatic carbocycles. The van der Waals surface area contributed by atoms with Gasteiger partial charge in [0.1, 0.15) is 0 Å². The van der Waals surface area contributed by atoms with Crippen LogP contribution in [0.5, 0.6) is 0 Å². The van der Waals surface area contributed by atoms with Crippen LogP contribution in [0.3, 0.4) is 0 Å². The van der Waals surface area contributed by atoms with Crippen LogP contribution in [0.25, 0.3) is 0 Å². The zero-order valence-electron chi connectivity index (χ0n) is 6.41. The molecular weight excluding hydrogens is 122 g/mol. The number of nitrogens with one attached hydrogen (secondary N) is 1. The van der Waals surface area contributed by atoms with Crippen LogP contribution >= 0.6 is 0 Å². The lowest BCUT2D eigenvalue weighted by Gasteiger charge is -2.11. The summed E-state index contributed by atoms with van der Waals surface area (Å²) < 4.78 is 0. The molecule has 2 rings (SSSR count). The van der Waals surface area contributed by atoms with Crippen LogP contribution in [-0.2, 0) is 0 Å². The topological polar surface area (TPSA) is 12.0 Å². The molecule has 10 heavy (non-hydrogen) atoms. The summed E-state index contributed by atoms with van der Waals surface area (Å²) in [5.41, 5.74) is 4.75. The molecule has 1 heterocycles. The third kappa shape index (κ3) is 0.816. The molecule has 1 aliphatic heterocycles. The minimum atomic E-state index is 1.11. The summed E-state index contributed by atoms with van der Waals surface area (Å²) in [6, 6.07) is 0. The monoisotopic (exact) mass is 135 g/mol. The first kappa shape index (κ1) is 6.17. The van der Waals surface area contributed by atoms with Gasteiger partial charge in [-0.25, -0.2) is 0 Å². The van der Waals surface area contributed by atoms with Gasteiger partial charge in [-0.2, -0.15) is 0 Å². The zero-order valence-corrected chi connectivity index (χ0v) is 6.41. The molecule has 0 saturated carbocycles. The Morgan fingerprint density at radius 3 is 3.10 bits per heavy atom. The minimum absolute atomic E-state index is 1.11. The first-order chi connectivity index (χ1) is 4.88. The Bertz CT molecular complexity index is 211. The molecule has 0 aromatic rings. The van der Waals surface area contributed by atoms with Gasteiger partial charge in [0.2, 0.25) is 0 Å². The maximum absolute atomic E-state index is 3.38. The van der Waals surface area contributed by atoms with Gasteiger partial charge in [0.15, 0.2) is 0 Å². The molecular formula is C9H13N. The molecule has 1 N–H and O–H groups in total. The van der Waals surface area contributed by atoms with E-state index in [0.717, 1.165) is 13.1 Å². The van der Waals surface area contributed by atoms with E-state index in [1.165, 1.54) is 18.4 Å². The van der Waals surface area contributed by atoms with Crippen molar-refractivity contribution in [1.29, 1.82) is 0 Å². The van der Waals surface area contributed by atoms with Crippen molar-refractivity contribution >= 4 is 0 Å². The summed E-state index contributed by atoms with van der Waals surface area (Å²) in [6.45, 7) is 4.47. The first-order valence-electron chi connectivity index (χ1n) is 3.96.